The predicted octanol–water partition coefficient (Wildman–Crippen LogP) is 2.22. The number of hydrogen-bond donors (Lipinski definition) is 1. The Morgan fingerprint density at radius 3 is 2.96 bits per heavy atom. The lowest BCUT2D eigenvalue weighted by Crippen LogP contribution is -2.37. The third-order valence-corrected chi connectivity index (χ3v) is 4.49. The van der Waals surface area contributed by atoms with E-state index < -0.39 is 0 Å². The number of carbonyl (C=O) groups excluding carboxylic acids is 1. The molecule has 1 aliphatic heterocycles. The SMILES string of the molecule is COc1nc(C)cc(C)c1CNC(=O)CN1CCOc2ccccc2C1. The number of para-hydroxylation sites is 1. The van der Waals surface area contributed by atoms with Gasteiger partial charge in [0, 0.05) is 36.5 Å². The van der Waals surface area contributed by atoms with Crippen LogP contribution in [-0.2, 0) is 17.9 Å². The van der Waals surface area contributed by atoms with E-state index >= 15 is 0 Å². The minimum atomic E-state index is -0.0218. The molecule has 138 valence electrons. The van der Waals surface area contributed by atoms with Gasteiger partial charge in [-0.3, -0.25) is 9.69 Å². The maximum atomic E-state index is 12.4. The lowest BCUT2D eigenvalue weighted by molar-refractivity contribution is -0.122. The number of fused-ring (bicyclic) bond motifs is 1. The summed E-state index contributed by atoms with van der Waals surface area (Å²) in [5.41, 5.74) is 3.98. The van der Waals surface area contributed by atoms with Crippen molar-refractivity contribution in [2.45, 2.75) is 26.9 Å². The zero-order valence-electron chi connectivity index (χ0n) is 15.5. The van der Waals surface area contributed by atoms with E-state index in [0.29, 0.717) is 32.1 Å². The molecule has 0 atom stereocenters. The molecule has 0 fully saturated rings. The lowest BCUT2D eigenvalue weighted by Gasteiger charge is -2.19. The molecule has 0 spiro atoms. The second-order valence-electron chi connectivity index (χ2n) is 6.51. The average Bonchev–Trinajstić information content (AvgIpc) is 2.81. The van der Waals surface area contributed by atoms with E-state index in [1.54, 1.807) is 7.11 Å². The van der Waals surface area contributed by atoms with Gasteiger partial charge in [0.1, 0.15) is 12.4 Å². The largest absolute Gasteiger partial charge is 0.492 e. The van der Waals surface area contributed by atoms with Gasteiger partial charge in [-0.15, -0.1) is 0 Å². The number of nitrogens with one attached hydrogen (secondary N) is 1. The number of hydrogen-bond acceptors (Lipinski definition) is 5. The minimum absolute atomic E-state index is 0.0218. The zero-order chi connectivity index (χ0) is 18.5. The Balaban J connectivity index is 1.60. The van der Waals surface area contributed by atoms with Gasteiger partial charge < -0.3 is 14.8 Å². The number of aromatic nitrogens is 1. The molecule has 6 nitrogen and oxygen atoms in total. The first-order valence-corrected chi connectivity index (χ1v) is 8.77. The van der Waals surface area contributed by atoms with E-state index in [9.17, 15) is 4.79 Å². The van der Waals surface area contributed by atoms with E-state index in [1.165, 1.54) is 0 Å². The van der Waals surface area contributed by atoms with Gasteiger partial charge in [-0.05, 0) is 31.5 Å². The average molecular weight is 355 g/mol. The molecule has 0 unspecified atom stereocenters. The Hall–Kier alpha value is -2.60. The highest BCUT2D eigenvalue weighted by Crippen LogP contribution is 2.22. The van der Waals surface area contributed by atoms with Crippen molar-refractivity contribution in [2.24, 2.45) is 0 Å². The van der Waals surface area contributed by atoms with Crippen molar-refractivity contribution in [3.8, 4) is 11.6 Å². The minimum Gasteiger partial charge on any atom is -0.492 e. The summed E-state index contributed by atoms with van der Waals surface area (Å²) < 4.78 is 11.1. The summed E-state index contributed by atoms with van der Waals surface area (Å²) in [6.07, 6.45) is 0. The molecule has 1 N–H and O–H groups in total. The van der Waals surface area contributed by atoms with Crippen LogP contribution in [-0.4, -0.2) is 42.6 Å². The first kappa shape index (κ1) is 18.2. The van der Waals surface area contributed by atoms with Crippen LogP contribution in [0.2, 0.25) is 0 Å². The number of benzene rings is 1. The number of nitrogens with zero attached hydrogens (tertiary/aromatic N) is 2. The number of ether oxygens (including phenoxy) is 2. The summed E-state index contributed by atoms with van der Waals surface area (Å²) in [6.45, 7) is 6.67. The first-order valence-electron chi connectivity index (χ1n) is 8.77. The molecular formula is C20H25N3O3. The van der Waals surface area contributed by atoms with Crippen LogP contribution in [0.3, 0.4) is 0 Å². The van der Waals surface area contributed by atoms with Gasteiger partial charge in [0.15, 0.2) is 0 Å². The molecule has 26 heavy (non-hydrogen) atoms. The standard InChI is InChI=1S/C20H25N3O3/c1-14-10-15(2)22-20(25-3)17(14)11-21-19(24)13-23-8-9-26-18-7-5-4-6-16(18)12-23/h4-7,10H,8-9,11-13H2,1-3H3,(H,21,24). The van der Waals surface area contributed by atoms with Crippen molar-refractivity contribution in [1.82, 2.24) is 15.2 Å². The van der Waals surface area contributed by atoms with E-state index in [0.717, 1.165) is 34.7 Å². The van der Waals surface area contributed by atoms with Crippen molar-refractivity contribution < 1.29 is 14.3 Å². The topological polar surface area (TPSA) is 63.7 Å². The van der Waals surface area contributed by atoms with Gasteiger partial charge in [0.25, 0.3) is 0 Å². The Morgan fingerprint density at radius 1 is 1.35 bits per heavy atom. The van der Waals surface area contributed by atoms with Crippen molar-refractivity contribution >= 4 is 5.91 Å². The van der Waals surface area contributed by atoms with Crippen molar-refractivity contribution in [3.05, 3.63) is 52.7 Å². The summed E-state index contributed by atoms with van der Waals surface area (Å²) >= 11 is 0. The molecule has 1 aromatic heterocycles. The molecule has 3 rings (SSSR count). The third kappa shape index (κ3) is 4.32. The third-order valence-electron chi connectivity index (χ3n) is 4.49. The molecule has 1 aliphatic rings. The maximum absolute atomic E-state index is 12.4. The Labute approximate surface area is 154 Å². The molecule has 0 saturated carbocycles. The monoisotopic (exact) mass is 355 g/mol. The smallest absolute Gasteiger partial charge is 0.234 e. The summed E-state index contributed by atoms with van der Waals surface area (Å²) in [4.78, 5) is 18.9. The normalized spacial score (nSPS) is 14.1. The lowest BCUT2D eigenvalue weighted by atomic mass is 10.1. The Morgan fingerprint density at radius 2 is 2.15 bits per heavy atom. The van der Waals surface area contributed by atoms with E-state index in [-0.39, 0.29) is 5.91 Å². The second-order valence-corrected chi connectivity index (χ2v) is 6.51. The number of amides is 1. The molecule has 2 aromatic rings. The second kappa shape index (κ2) is 8.19. The maximum Gasteiger partial charge on any atom is 0.234 e. The molecule has 0 saturated heterocycles. The van der Waals surface area contributed by atoms with E-state index in [4.69, 9.17) is 9.47 Å². The Bertz CT molecular complexity index is 792. The summed E-state index contributed by atoms with van der Waals surface area (Å²) in [5.74, 6) is 1.45. The van der Waals surface area contributed by atoms with Crippen LogP contribution >= 0.6 is 0 Å². The fraction of sp³-hybridized carbons (Fsp3) is 0.400. The van der Waals surface area contributed by atoms with Gasteiger partial charge >= 0.3 is 0 Å². The molecule has 0 aliphatic carbocycles. The van der Waals surface area contributed by atoms with Crippen molar-refractivity contribution in [3.63, 3.8) is 0 Å². The summed E-state index contributed by atoms with van der Waals surface area (Å²) in [5, 5.41) is 2.98. The molecule has 1 amide bonds. The number of pyridine rings is 1. The van der Waals surface area contributed by atoms with Gasteiger partial charge in [-0.2, -0.15) is 0 Å². The number of carbonyl (C=O) groups is 1. The zero-order valence-corrected chi connectivity index (χ0v) is 15.5. The van der Waals surface area contributed by atoms with E-state index in [1.807, 2.05) is 44.2 Å². The van der Waals surface area contributed by atoms with Crippen molar-refractivity contribution in [1.29, 1.82) is 0 Å². The van der Waals surface area contributed by atoms with Crippen LogP contribution in [0, 0.1) is 13.8 Å². The molecule has 2 heterocycles. The molecule has 0 radical (unpaired) electrons. The van der Waals surface area contributed by atoms with Gasteiger partial charge in [-0.1, -0.05) is 18.2 Å². The fourth-order valence-corrected chi connectivity index (χ4v) is 3.17. The first-order chi connectivity index (χ1) is 12.6. The summed E-state index contributed by atoms with van der Waals surface area (Å²) in [6, 6.07) is 9.96. The van der Waals surface area contributed by atoms with Crippen LogP contribution in [0.4, 0.5) is 0 Å². The number of methoxy groups -OCH3 is 1. The number of rotatable bonds is 5. The Kier molecular flexibility index (Phi) is 5.73. The highest BCUT2D eigenvalue weighted by molar-refractivity contribution is 5.78. The molecule has 6 heteroatoms. The van der Waals surface area contributed by atoms with Crippen LogP contribution < -0.4 is 14.8 Å². The summed E-state index contributed by atoms with van der Waals surface area (Å²) in [7, 11) is 1.60. The van der Waals surface area contributed by atoms with Crippen LogP contribution in [0.5, 0.6) is 11.6 Å². The van der Waals surface area contributed by atoms with E-state index in [2.05, 4.69) is 15.2 Å². The van der Waals surface area contributed by atoms with Gasteiger partial charge in [-0.25, -0.2) is 4.98 Å². The number of aryl methyl sites for hydroxylation is 2. The van der Waals surface area contributed by atoms with Crippen LogP contribution in [0.25, 0.3) is 0 Å². The quantitative estimate of drug-likeness (QED) is 0.891. The highest BCUT2D eigenvalue weighted by Gasteiger charge is 2.18. The van der Waals surface area contributed by atoms with Crippen LogP contribution in [0.15, 0.2) is 30.3 Å². The highest BCUT2D eigenvalue weighted by atomic mass is 16.5. The molecule has 1 aromatic carbocycles. The molecular weight excluding hydrogens is 330 g/mol. The van der Waals surface area contributed by atoms with Gasteiger partial charge in [0.05, 0.1) is 13.7 Å². The molecule has 0 bridgehead atoms. The van der Waals surface area contributed by atoms with Crippen LogP contribution in [0.1, 0.15) is 22.4 Å². The van der Waals surface area contributed by atoms with Gasteiger partial charge in [0.2, 0.25) is 11.8 Å². The fourth-order valence-electron chi connectivity index (χ4n) is 3.17. The predicted molar refractivity (Wildman–Crippen MR) is 99.3 cm³/mol. The van der Waals surface area contributed by atoms with Crippen molar-refractivity contribution in [2.75, 3.05) is 26.8 Å².